The number of nitrogens with zero attached hydrogens (tertiary/aromatic N) is 3. The van der Waals surface area contributed by atoms with E-state index < -0.39 is 36.2 Å². The van der Waals surface area contributed by atoms with Gasteiger partial charge in [-0.05, 0) is 31.0 Å². The molecule has 38 heavy (non-hydrogen) atoms. The second-order valence-electron chi connectivity index (χ2n) is 9.64. The minimum absolute atomic E-state index is 0.00621. The van der Waals surface area contributed by atoms with Crippen LogP contribution in [-0.2, 0) is 19.1 Å². The lowest BCUT2D eigenvalue weighted by molar-refractivity contribution is -0.164. The maximum absolute atomic E-state index is 13.1. The minimum atomic E-state index is -0.979. The molecule has 2 fully saturated rings. The quantitative estimate of drug-likeness (QED) is 0.260. The van der Waals surface area contributed by atoms with Crippen LogP contribution in [0.15, 0.2) is 60.4 Å². The number of aromatic nitrogens is 1. The Hall–Kier alpha value is -3.15. The molecule has 0 saturated carbocycles. The summed E-state index contributed by atoms with van der Waals surface area (Å²) in [5, 5.41) is 21.2. The molecule has 2 amide bonds. The molecule has 1 aromatic rings. The first-order valence-electron chi connectivity index (χ1n) is 12.5. The number of carbonyl (C=O) groups is 3. The van der Waals surface area contributed by atoms with E-state index in [1.165, 1.54) is 33.7 Å². The first kappa shape index (κ1) is 27.9. The van der Waals surface area contributed by atoms with E-state index in [1.54, 1.807) is 31.5 Å². The molecule has 11 heteroatoms. The SMILES string of the molecule is C=CCOC(=O)C1=C(S[C@H]2C[C@@H]([C@H](O)c3ccncc3)N(C(=O)OCC=C)C2)[C@H](C)[C@@H]2[C@@H]([C@@H](C)O)C(=O)N12. The van der Waals surface area contributed by atoms with E-state index in [1.807, 2.05) is 6.92 Å². The largest absolute Gasteiger partial charge is 0.457 e. The van der Waals surface area contributed by atoms with Gasteiger partial charge in [0, 0.05) is 35.0 Å². The van der Waals surface area contributed by atoms with Crippen LogP contribution in [0.2, 0.25) is 0 Å². The van der Waals surface area contributed by atoms with Gasteiger partial charge in [-0.3, -0.25) is 9.78 Å². The number of amides is 2. The molecule has 0 radical (unpaired) electrons. The maximum atomic E-state index is 13.1. The molecule has 0 spiro atoms. The molecule has 204 valence electrons. The van der Waals surface area contributed by atoms with Crippen molar-refractivity contribution in [1.29, 1.82) is 0 Å². The fraction of sp³-hybridized carbons (Fsp3) is 0.481. The van der Waals surface area contributed by atoms with E-state index in [9.17, 15) is 24.6 Å². The fourth-order valence-electron chi connectivity index (χ4n) is 5.47. The first-order valence-corrected chi connectivity index (χ1v) is 13.4. The Bertz CT molecular complexity index is 1120. The molecule has 0 aliphatic carbocycles. The number of β-lactam (4-membered cyclic amide) rings is 1. The van der Waals surface area contributed by atoms with Gasteiger partial charge in [0.2, 0.25) is 5.91 Å². The van der Waals surface area contributed by atoms with Crippen molar-refractivity contribution >= 4 is 29.7 Å². The predicted octanol–water partition coefficient (Wildman–Crippen LogP) is 2.41. The molecule has 2 saturated heterocycles. The number of hydrogen-bond acceptors (Lipinski definition) is 9. The number of thioether (sulfide) groups is 1. The van der Waals surface area contributed by atoms with Crippen molar-refractivity contribution in [3.05, 3.63) is 66.0 Å². The summed E-state index contributed by atoms with van der Waals surface area (Å²) in [6.45, 7) is 10.9. The number of likely N-dealkylation sites (tertiary alicyclic amines) is 1. The average Bonchev–Trinajstić information content (AvgIpc) is 3.43. The van der Waals surface area contributed by atoms with E-state index in [0.29, 0.717) is 16.9 Å². The Labute approximate surface area is 226 Å². The van der Waals surface area contributed by atoms with E-state index in [-0.39, 0.29) is 48.6 Å². The number of fused-ring (bicyclic) bond motifs is 1. The molecular formula is C27H33N3O7S. The Morgan fingerprint density at radius 3 is 2.50 bits per heavy atom. The highest BCUT2D eigenvalue weighted by atomic mass is 32.2. The lowest BCUT2D eigenvalue weighted by Gasteiger charge is -2.46. The van der Waals surface area contributed by atoms with E-state index >= 15 is 0 Å². The number of carbonyl (C=O) groups excluding carboxylic acids is 3. The van der Waals surface area contributed by atoms with Crippen LogP contribution in [0.1, 0.15) is 31.9 Å². The standard InChI is InChI=1S/C27H33N3O7S/c1-5-11-36-26(34)22-24(15(3)21-20(16(4)31)25(33)30(21)22)38-18-13-19(23(32)17-7-9-28-10-8-17)29(14-18)27(35)37-12-6-2/h5-10,15-16,18-21,23,31-32H,1-2,11-14H2,3-4H3/t15-,16-,18+,19+,20-,21-,23-/m1/s1. The van der Waals surface area contributed by atoms with Crippen LogP contribution in [0.25, 0.3) is 0 Å². The molecule has 1 aromatic heterocycles. The minimum Gasteiger partial charge on any atom is -0.457 e. The van der Waals surface area contributed by atoms with Gasteiger partial charge in [0.1, 0.15) is 18.9 Å². The smallest absolute Gasteiger partial charge is 0.410 e. The van der Waals surface area contributed by atoms with Crippen molar-refractivity contribution < 1.29 is 34.1 Å². The second kappa shape index (κ2) is 11.7. The number of aliphatic hydroxyl groups is 2. The zero-order valence-electron chi connectivity index (χ0n) is 21.4. The molecule has 4 rings (SSSR count). The highest BCUT2D eigenvalue weighted by Gasteiger charge is 2.60. The maximum Gasteiger partial charge on any atom is 0.410 e. The molecule has 7 atom stereocenters. The number of esters is 1. The number of ether oxygens (including phenoxy) is 2. The zero-order valence-corrected chi connectivity index (χ0v) is 22.3. The highest BCUT2D eigenvalue weighted by molar-refractivity contribution is 8.03. The molecule has 3 aliphatic heterocycles. The molecule has 0 unspecified atom stereocenters. The summed E-state index contributed by atoms with van der Waals surface area (Å²) in [6, 6.07) is 2.45. The summed E-state index contributed by atoms with van der Waals surface area (Å²) in [6.07, 6.45) is 4.08. The summed E-state index contributed by atoms with van der Waals surface area (Å²) in [4.78, 5) is 46.5. The number of rotatable bonds is 10. The molecule has 3 aliphatic rings. The van der Waals surface area contributed by atoms with Crippen molar-refractivity contribution in [2.45, 2.75) is 49.8 Å². The van der Waals surface area contributed by atoms with E-state index in [2.05, 4.69) is 18.1 Å². The summed E-state index contributed by atoms with van der Waals surface area (Å²) < 4.78 is 10.6. The predicted molar refractivity (Wildman–Crippen MR) is 140 cm³/mol. The normalized spacial score (nSPS) is 27.9. The molecule has 2 N–H and O–H groups in total. The Balaban J connectivity index is 1.62. The van der Waals surface area contributed by atoms with Gasteiger partial charge in [-0.2, -0.15) is 0 Å². The highest BCUT2D eigenvalue weighted by Crippen LogP contribution is 2.52. The summed E-state index contributed by atoms with van der Waals surface area (Å²) in [5.74, 6) is -1.78. The second-order valence-corrected chi connectivity index (χ2v) is 11.0. The lowest BCUT2D eigenvalue weighted by Crippen LogP contribution is -2.63. The average molecular weight is 544 g/mol. The molecule has 0 bridgehead atoms. The number of hydrogen-bond donors (Lipinski definition) is 2. The van der Waals surface area contributed by atoms with Crippen LogP contribution < -0.4 is 0 Å². The number of pyridine rings is 1. The van der Waals surface area contributed by atoms with Gasteiger partial charge in [0.05, 0.1) is 30.2 Å². The van der Waals surface area contributed by atoms with Gasteiger partial charge in [-0.1, -0.05) is 32.2 Å². The van der Waals surface area contributed by atoms with Crippen molar-refractivity contribution in [2.24, 2.45) is 11.8 Å². The summed E-state index contributed by atoms with van der Waals surface area (Å²) in [7, 11) is 0. The third-order valence-electron chi connectivity index (χ3n) is 7.20. The Morgan fingerprint density at radius 2 is 1.87 bits per heavy atom. The van der Waals surface area contributed by atoms with Gasteiger partial charge in [-0.25, -0.2) is 9.59 Å². The number of aliphatic hydroxyl groups excluding tert-OH is 2. The summed E-state index contributed by atoms with van der Waals surface area (Å²) >= 11 is 1.40. The van der Waals surface area contributed by atoms with E-state index in [0.717, 1.165) is 0 Å². The third-order valence-corrected chi connectivity index (χ3v) is 8.70. The topological polar surface area (TPSA) is 130 Å². The van der Waals surface area contributed by atoms with Gasteiger partial charge in [-0.15, -0.1) is 11.8 Å². The van der Waals surface area contributed by atoms with E-state index in [4.69, 9.17) is 9.47 Å². The molecule has 0 aromatic carbocycles. The van der Waals surface area contributed by atoms with Crippen LogP contribution in [0.3, 0.4) is 0 Å². The fourth-order valence-corrected chi connectivity index (χ4v) is 7.00. The van der Waals surface area contributed by atoms with Crippen molar-refractivity contribution in [3.8, 4) is 0 Å². The van der Waals surface area contributed by atoms with Crippen LogP contribution in [0.5, 0.6) is 0 Å². The van der Waals surface area contributed by atoms with Gasteiger partial charge >= 0.3 is 12.1 Å². The lowest BCUT2D eigenvalue weighted by atomic mass is 9.79. The van der Waals surface area contributed by atoms with Crippen molar-refractivity contribution in [2.75, 3.05) is 19.8 Å². The third kappa shape index (κ3) is 5.10. The van der Waals surface area contributed by atoms with Gasteiger partial charge in [0.25, 0.3) is 0 Å². The summed E-state index contributed by atoms with van der Waals surface area (Å²) in [5.41, 5.74) is 0.795. The van der Waals surface area contributed by atoms with Crippen LogP contribution in [0, 0.1) is 11.8 Å². The first-order chi connectivity index (χ1) is 18.2. The molecule has 10 nitrogen and oxygen atoms in total. The van der Waals surface area contributed by atoms with Crippen molar-refractivity contribution in [3.63, 3.8) is 0 Å². The Kier molecular flexibility index (Phi) is 8.59. The van der Waals surface area contributed by atoms with Crippen LogP contribution in [0.4, 0.5) is 4.79 Å². The van der Waals surface area contributed by atoms with Gasteiger partial charge < -0.3 is 29.5 Å². The Morgan fingerprint density at radius 1 is 1.21 bits per heavy atom. The van der Waals surface area contributed by atoms with Crippen LogP contribution >= 0.6 is 11.8 Å². The van der Waals surface area contributed by atoms with Gasteiger partial charge in [0.15, 0.2) is 0 Å². The zero-order chi connectivity index (χ0) is 27.6. The van der Waals surface area contributed by atoms with Crippen LogP contribution in [-0.4, -0.2) is 86.2 Å². The monoisotopic (exact) mass is 543 g/mol. The molecular weight excluding hydrogens is 510 g/mol. The van der Waals surface area contributed by atoms with Crippen molar-refractivity contribution in [1.82, 2.24) is 14.8 Å². The molecule has 4 heterocycles.